The summed E-state index contributed by atoms with van der Waals surface area (Å²) in [5, 5.41) is 11.8. The first-order valence-electron chi connectivity index (χ1n) is 8.80. The van der Waals surface area contributed by atoms with Crippen LogP contribution in [0.2, 0.25) is 0 Å². The van der Waals surface area contributed by atoms with Crippen molar-refractivity contribution in [2.24, 2.45) is 4.99 Å². The first-order valence-corrected chi connectivity index (χ1v) is 9.68. The summed E-state index contributed by atoms with van der Waals surface area (Å²) in [5.41, 5.74) is 1.33. The molecule has 30 heavy (non-hydrogen) atoms. The molecule has 0 unspecified atom stereocenters. The molecule has 0 amide bonds. The Kier molecular flexibility index (Phi) is 9.02. The van der Waals surface area contributed by atoms with Gasteiger partial charge in [0.25, 0.3) is 0 Å². The first-order chi connectivity index (χ1) is 13.9. The van der Waals surface area contributed by atoms with Gasteiger partial charge in [-0.15, -0.1) is 35.3 Å². The van der Waals surface area contributed by atoms with Crippen LogP contribution in [0.3, 0.4) is 0 Å². The van der Waals surface area contributed by atoms with Crippen molar-refractivity contribution in [2.45, 2.75) is 25.7 Å². The van der Waals surface area contributed by atoms with Crippen LogP contribution in [0.15, 0.2) is 47.3 Å². The summed E-state index contributed by atoms with van der Waals surface area (Å²) in [7, 11) is 1.64. The lowest BCUT2D eigenvalue weighted by atomic mass is 10.1. The highest BCUT2D eigenvalue weighted by atomic mass is 127. The highest BCUT2D eigenvalue weighted by molar-refractivity contribution is 14.0. The van der Waals surface area contributed by atoms with E-state index in [-0.39, 0.29) is 24.0 Å². The van der Waals surface area contributed by atoms with E-state index in [1.165, 1.54) is 6.33 Å². The number of thiazole rings is 1. The van der Waals surface area contributed by atoms with Gasteiger partial charge in [-0.25, -0.2) is 14.6 Å². The zero-order valence-electron chi connectivity index (χ0n) is 16.1. The maximum absolute atomic E-state index is 12.6. The molecule has 0 saturated carbocycles. The SMILES string of the molecule is CN=C(NCCc1nc(C(F)(F)F)cs1)NCc1cccc(Cn2cncn2)c1.I. The van der Waals surface area contributed by atoms with Gasteiger partial charge in [-0.1, -0.05) is 24.3 Å². The second-order valence-corrected chi connectivity index (χ2v) is 7.08. The highest BCUT2D eigenvalue weighted by Crippen LogP contribution is 2.29. The van der Waals surface area contributed by atoms with Crippen LogP contribution in [0.25, 0.3) is 0 Å². The van der Waals surface area contributed by atoms with Gasteiger partial charge < -0.3 is 10.6 Å². The Labute approximate surface area is 192 Å². The molecule has 0 spiro atoms. The van der Waals surface area contributed by atoms with Crippen molar-refractivity contribution < 1.29 is 13.2 Å². The predicted octanol–water partition coefficient (Wildman–Crippen LogP) is 3.33. The summed E-state index contributed by atoms with van der Waals surface area (Å²) in [6.07, 6.45) is -0.857. The van der Waals surface area contributed by atoms with Crippen LogP contribution in [-0.4, -0.2) is 39.3 Å². The van der Waals surface area contributed by atoms with Gasteiger partial charge in [0.05, 0.1) is 11.6 Å². The number of nitrogens with zero attached hydrogens (tertiary/aromatic N) is 5. The summed E-state index contributed by atoms with van der Waals surface area (Å²) < 4.78 is 39.5. The molecule has 0 aliphatic heterocycles. The molecule has 0 bridgehead atoms. The fraction of sp³-hybridized carbons (Fsp3) is 0.333. The van der Waals surface area contributed by atoms with E-state index in [9.17, 15) is 13.2 Å². The number of aliphatic imine (C=N–C) groups is 1. The minimum absolute atomic E-state index is 0. The smallest absolute Gasteiger partial charge is 0.356 e. The van der Waals surface area contributed by atoms with Gasteiger partial charge in [0.15, 0.2) is 11.7 Å². The van der Waals surface area contributed by atoms with Gasteiger partial charge in [-0.2, -0.15) is 18.3 Å². The molecule has 0 saturated heterocycles. The molecular formula is C18H21F3IN7S. The predicted molar refractivity (Wildman–Crippen MR) is 120 cm³/mol. The Morgan fingerprint density at radius 2 is 2.03 bits per heavy atom. The van der Waals surface area contributed by atoms with E-state index in [2.05, 4.69) is 36.8 Å². The topological polar surface area (TPSA) is 80.0 Å². The summed E-state index contributed by atoms with van der Waals surface area (Å²) in [5.74, 6) is 0.569. The third-order valence-electron chi connectivity index (χ3n) is 3.96. The zero-order valence-corrected chi connectivity index (χ0v) is 19.2. The Bertz CT molecular complexity index is 941. The van der Waals surface area contributed by atoms with E-state index in [0.717, 1.165) is 27.8 Å². The summed E-state index contributed by atoms with van der Waals surface area (Å²) >= 11 is 1.01. The van der Waals surface area contributed by atoms with Crippen LogP contribution in [-0.2, 0) is 25.7 Å². The quantitative estimate of drug-likeness (QED) is 0.268. The Morgan fingerprint density at radius 3 is 2.70 bits per heavy atom. The van der Waals surface area contributed by atoms with E-state index in [0.29, 0.717) is 37.0 Å². The summed E-state index contributed by atoms with van der Waals surface area (Å²) in [6, 6.07) is 8.05. The molecule has 162 valence electrons. The van der Waals surface area contributed by atoms with Crippen molar-refractivity contribution in [1.29, 1.82) is 0 Å². The maximum atomic E-state index is 12.6. The Hall–Kier alpha value is -2.22. The molecular weight excluding hydrogens is 530 g/mol. The summed E-state index contributed by atoms with van der Waals surface area (Å²) in [4.78, 5) is 11.7. The number of hydrogen-bond donors (Lipinski definition) is 2. The molecule has 2 N–H and O–H groups in total. The van der Waals surface area contributed by atoms with Crippen LogP contribution >= 0.6 is 35.3 Å². The molecule has 2 aromatic heterocycles. The molecule has 3 rings (SSSR count). The number of guanidine groups is 1. The second kappa shape index (κ2) is 11.2. The van der Waals surface area contributed by atoms with E-state index < -0.39 is 11.9 Å². The second-order valence-electron chi connectivity index (χ2n) is 6.14. The molecule has 1 aromatic carbocycles. The molecule has 2 heterocycles. The number of hydrogen-bond acceptors (Lipinski definition) is 5. The number of halogens is 4. The number of benzene rings is 1. The van der Waals surface area contributed by atoms with Crippen molar-refractivity contribution in [1.82, 2.24) is 30.4 Å². The highest BCUT2D eigenvalue weighted by Gasteiger charge is 2.33. The lowest BCUT2D eigenvalue weighted by Crippen LogP contribution is -2.37. The monoisotopic (exact) mass is 551 g/mol. The standard InChI is InChI=1S/C18H20F3N7S.HI/c1-22-17(24-6-5-16-27-15(10-29-16)18(19,20)21)25-8-13-3-2-4-14(7-13)9-28-12-23-11-26-28;/h2-4,7,10-12H,5-6,8-9H2,1H3,(H2,22,24,25);1H. The molecule has 7 nitrogen and oxygen atoms in total. The van der Waals surface area contributed by atoms with Crippen LogP contribution in [0.5, 0.6) is 0 Å². The van der Waals surface area contributed by atoms with Gasteiger partial charge in [0.1, 0.15) is 12.7 Å². The van der Waals surface area contributed by atoms with Crippen LogP contribution in [0, 0.1) is 0 Å². The third-order valence-corrected chi connectivity index (χ3v) is 4.87. The van der Waals surface area contributed by atoms with E-state index >= 15 is 0 Å². The molecule has 0 radical (unpaired) electrons. The number of aromatic nitrogens is 4. The maximum Gasteiger partial charge on any atom is 0.434 e. The minimum atomic E-state index is -4.40. The van der Waals surface area contributed by atoms with Crippen molar-refractivity contribution in [3.8, 4) is 0 Å². The Morgan fingerprint density at radius 1 is 1.23 bits per heavy atom. The largest absolute Gasteiger partial charge is 0.434 e. The molecule has 0 fully saturated rings. The molecule has 0 atom stereocenters. The van der Waals surface area contributed by atoms with Crippen molar-refractivity contribution in [3.63, 3.8) is 0 Å². The van der Waals surface area contributed by atoms with E-state index in [4.69, 9.17) is 0 Å². The third kappa shape index (κ3) is 7.23. The first kappa shape index (κ1) is 24.1. The average molecular weight is 551 g/mol. The molecule has 0 aliphatic carbocycles. The number of rotatable bonds is 7. The number of alkyl halides is 3. The zero-order chi connectivity index (χ0) is 20.7. The average Bonchev–Trinajstić information content (AvgIpc) is 3.36. The van der Waals surface area contributed by atoms with Crippen LogP contribution < -0.4 is 10.6 Å². The van der Waals surface area contributed by atoms with Crippen molar-refractivity contribution in [2.75, 3.05) is 13.6 Å². The molecule has 0 aliphatic rings. The van der Waals surface area contributed by atoms with E-state index in [1.807, 2.05) is 18.2 Å². The lowest BCUT2D eigenvalue weighted by molar-refractivity contribution is -0.140. The van der Waals surface area contributed by atoms with E-state index in [1.54, 1.807) is 18.1 Å². The lowest BCUT2D eigenvalue weighted by Gasteiger charge is -2.12. The van der Waals surface area contributed by atoms with Gasteiger partial charge in [-0.05, 0) is 11.1 Å². The fourth-order valence-corrected chi connectivity index (χ4v) is 3.39. The van der Waals surface area contributed by atoms with Crippen molar-refractivity contribution in [3.05, 3.63) is 64.1 Å². The van der Waals surface area contributed by atoms with Gasteiger partial charge in [-0.3, -0.25) is 4.99 Å². The minimum Gasteiger partial charge on any atom is -0.356 e. The fourth-order valence-electron chi connectivity index (χ4n) is 2.59. The summed E-state index contributed by atoms with van der Waals surface area (Å²) in [6.45, 7) is 1.62. The van der Waals surface area contributed by atoms with Crippen molar-refractivity contribution >= 4 is 41.3 Å². The molecule has 12 heteroatoms. The van der Waals surface area contributed by atoms with Gasteiger partial charge in [0, 0.05) is 31.9 Å². The normalized spacial score (nSPS) is 11.8. The number of nitrogens with one attached hydrogen (secondary N) is 2. The Balaban J connectivity index is 0.00000320. The van der Waals surface area contributed by atoms with Crippen LogP contribution in [0.4, 0.5) is 13.2 Å². The van der Waals surface area contributed by atoms with Gasteiger partial charge in [0.2, 0.25) is 0 Å². The van der Waals surface area contributed by atoms with Crippen LogP contribution in [0.1, 0.15) is 21.8 Å². The molecule has 3 aromatic rings. The van der Waals surface area contributed by atoms with Gasteiger partial charge >= 0.3 is 6.18 Å².